The average molecular weight is 242 g/mol. The first-order valence-corrected chi connectivity index (χ1v) is 6.45. The first-order valence-electron chi connectivity index (χ1n) is 6.45. The predicted molar refractivity (Wildman–Crippen MR) is 70.0 cm³/mol. The van der Waals surface area contributed by atoms with Crippen LogP contribution in [0.4, 0.5) is 0 Å². The standard InChI is InChI=1S/C13H26N2O2/c1-5-9-15(11-13(17)14(3)4)10-7-8-12(16)6-2/h5-11H2,1-4H3. The Bertz CT molecular complexity index is 240. The number of carbonyl (C=O) groups excluding carboxylic acids is 2. The minimum Gasteiger partial charge on any atom is -0.348 e. The van der Waals surface area contributed by atoms with Gasteiger partial charge in [0.15, 0.2) is 0 Å². The van der Waals surface area contributed by atoms with Gasteiger partial charge >= 0.3 is 0 Å². The van der Waals surface area contributed by atoms with Gasteiger partial charge in [0, 0.05) is 26.9 Å². The highest BCUT2D eigenvalue weighted by molar-refractivity contribution is 5.78. The van der Waals surface area contributed by atoms with Crippen LogP contribution >= 0.6 is 0 Å². The highest BCUT2D eigenvalue weighted by Crippen LogP contribution is 2.00. The molecular formula is C13H26N2O2. The van der Waals surface area contributed by atoms with E-state index in [1.54, 1.807) is 19.0 Å². The normalized spacial score (nSPS) is 10.6. The van der Waals surface area contributed by atoms with Gasteiger partial charge in [-0.2, -0.15) is 0 Å². The quantitative estimate of drug-likeness (QED) is 0.616. The highest BCUT2D eigenvalue weighted by atomic mass is 16.2. The Morgan fingerprint density at radius 1 is 1.06 bits per heavy atom. The van der Waals surface area contributed by atoms with Crippen molar-refractivity contribution in [1.29, 1.82) is 0 Å². The summed E-state index contributed by atoms with van der Waals surface area (Å²) < 4.78 is 0. The van der Waals surface area contributed by atoms with E-state index in [0.29, 0.717) is 25.2 Å². The molecule has 4 heteroatoms. The van der Waals surface area contributed by atoms with Crippen molar-refractivity contribution in [3.63, 3.8) is 0 Å². The third kappa shape index (κ3) is 7.91. The fourth-order valence-corrected chi connectivity index (χ4v) is 1.60. The molecule has 0 spiro atoms. The maximum Gasteiger partial charge on any atom is 0.236 e. The molecule has 0 aromatic rings. The van der Waals surface area contributed by atoms with Gasteiger partial charge in [0.2, 0.25) is 5.91 Å². The summed E-state index contributed by atoms with van der Waals surface area (Å²) in [6.45, 7) is 6.20. The van der Waals surface area contributed by atoms with Crippen LogP contribution in [-0.2, 0) is 9.59 Å². The molecule has 0 aromatic heterocycles. The third-order valence-electron chi connectivity index (χ3n) is 2.72. The van der Waals surface area contributed by atoms with E-state index in [9.17, 15) is 9.59 Å². The second kappa shape index (κ2) is 9.16. The van der Waals surface area contributed by atoms with Crippen molar-refractivity contribution in [3.8, 4) is 0 Å². The highest BCUT2D eigenvalue weighted by Gasteiger charge is 2.11. The lowest BCUT2D eigenvalue weighted by molar-refractivity contribution is -0.129. The van der Waals surface area contributed by atoms with Gasteiger partial charge in [0.05, 0.1) is 6.54 Å². The summed E-state index contributed by atoms with van der Waals surface area (Å²) in [4.78, 5) is 26.5. The van der Waals surface area contributed by atoms with E-state index >= 15 is 0 Å². The fourth-order valence-electron chi connectivity index (χ4n) is 1.60. The van der Waals surface area contributed by atoms with Crippen LogP contribution in [0, 0.1) is 0 Å². The molecule has 0 radical (unpaired) electrons. The molecule has 0 saturated carbocycles. The van der Waals surface area contributed by atoms with Crippen LogP contribution in [0.1, 0.15) is 39.5 Å². The van der Waals surface area contributed by atoms with Gasteiger partial charge in [-0.05, 0) is 25.9 Å². The van der Waals surface area contributed by atoms with E-state index in [2.05, 4.69) is 11.8 Å². The van der Waals surface area contributed by atoms with Gasteiger partial charge in [-0.25, -0.2) is 0 Å². The zero-order valence-corrected chi connectivity index (χ0v) is 11.7. The number of ketones is 1. The Morgan fingerprint density at radius 3 is 2.18 bits per heavy atom. The Labute approximate surface area is 105 Å². The molecule has 1 amide bonds. The van der Waals surface area contributed by atoms with Crippen molar-refractivity contribution in [3.05, 3.63) is 0 Å². The number of amides is 1. The average Bonchev–Trinajstić information content (AvgIpc) is 2.28. The van der Waals surface area contributed by atoms with Crippen molar-refractivity contribution in [2.75, 3.05) is 33.7 Å². The van der Waals surface area contributed by atoms with Crippen LogP contribution in [0.15, 0.2) is 0 Å². The summed E-state index contributed by atoms with van der Waals surface area (Å²) in [6.07, 6.45) is 3.13. The van der Waals surface area contributed by atoms with Crippen LogP contribution < -0.4 is 0 Å². The van der Waals surface area contributed by atoms with E-state index in [-0.39, 0.29) is 5.91 Å². The fraction of sp³-hybridized carbons (Fsp3) is 0.846. The molecule has 0 aliphatic carbocycles. The van der Waals surface area contributed by atoms with E-state index in [0.717, 1.165) is 25.9 Å². The third-order valence-corrected chi connectivity index (χ3v) is 2.72. The molecule has 0 aliphatic rings. The summed E-state index contributed by atoms with van der Waals surface area (Å²) in [5.74, 6) is 0.431. The van der Waals surface area contributed by atoms with Gasteiger partial charge in [-0.3, -0.25) is 14.5 Å². The molecule has 0 aliphatic heterocycles. The van der Waals surface area contributed by atoms with Crippen LogP contribution in [0.5, 0.6) is 0 Å². The Kier molecular flexibility index (Phi) is 8.68. The number of nitrogens with zero attached hydrogens (tertiary/aromatic N) is 2. The monoisotopic (exact) mass is 242 g/mol. The minimum absolute atomic E-state index is 0.125. The smallest absolute Gasteiger partial charge is 0.236 e. The second-order valence-corrected chi connectivity index (χ2v) is 4.56. The largest absolute Gasteiger partial charge is 0.348 e. The Hall–Kier alpha value is -0.900. The van der Waals surface area contributed by atoms with Gasteiger partial charge in [-0.15, -0.1) is 0 Å². The Balaban J connectivity index is 3.97. The lowest BCUT2D eigenvalue weighted by Gasteiger charge is -2.22. The van der Waals surface area contributed by atoms with Crippen LogP contribution in [0.25, 0.3) is 0 Å². The molecule has 17 heavy (non-hydrogen) atoms. The van der Waals surface area contributed by atoms with Crippen molar-refractivity contribution < 1.29 is 9.59 Å². The van der Waals surface area contributed by atoms with E-state index in [4.69, 9.17) is 0 Å². The molecule has 0 aromatic carbocycles. The maximum atomic E-state index is 11.6. The molecule has 4 nitrogen and oxygen atoms in total. The van der Waals surface area contributed by atoms with Crippen LogP contribution in [0.3, 0.4) is 0 Å². The zero-order valence-electron chi connectivity index (χ0n) is 11.7. The first kappa shape index (κ1) is 16.1. The van der Waals surface area contributed by atoms with E-state index < -0.39 is 0 Å². The lowest BCUT2D eigenvalue weighted by Crippen LogP contribution is -2.37. The first-order chi connectivity index (χ1) is 8.01. The lowest BCUT2D eigenvalue weighted by atomic mass is 10.2. The molecule has 0 atom stereocenters. The van der Waals surface area contributed by atoms with Gasteiger partial charge in [-0.1, -0.05) is 13.8 Å². The molecule has 0 heterocycles. The molecule has 0 unspecified atom stereocenters. The number of hydrogen-bond donors (Lipinski definition) is 0. The number of rotatable bonds is 9. The topological polar surface area (TPSA) is 40.6 Å². The number of carbonyl (C=O) groups is 2. The number of likely N-dealkylation sites (N-methyl/N-ethyl adjacent to an activating group) is 1. The summed E-state index contributed by atoms with van der Waals surface area (Å²) in [6, 6.07) is 0. The van der Waals surface area contributed by atoms with Gasteiger partial charge < -0.3 is 4.90 Å². The molecule has 0 saturated heterocycles. The Morgan fingerprint density at radius 2 is 1.71 bits per heavy atom. The van der Waals surface area contributed by atoms with Gasteiger partial charge in [0.25, 0.3) is 0 Å². The molecule has 0 fully saturated rings. The molecule has 0 N–H and O–H groups in total. The van der Waals surface area contributed by atoms with E-state index in [1.165, 1.54) is 0 Å². The van der Waals surface area contributed by atoms with Crippen LogP contribution in [-0.4, -0.2) is 55.2 Å². The van der Waals surface area contributed by atoms with Gasteiger partial charge in [0.1, 0.15) is 5.78 Å². The summed E-state index contributed by atoms with van der Waals surface area (Å²) in [5.41, 5.74) is 0. The molecule has 0 rings (SSSR count). The predicted octanol–water partition coefficient (Wildman–Crippen LogP) is 1.55. The van der Waals surface area contributed by atoms with Crippen molar-refractivity contribution in [1.82, 2.24) is 9.80 Å². The van der Waals surface area contributed by atoms with Crippen molar-refractivity contribution in [2.24, 2.45) is 0 Å². The summed E-state index contributed by atoms with van der Waals surface area (Å²) in [5, 5.41) is 0. The number of Topliss-reactive ketones (excluding diaryl/α,β-unsaturated/α-hetero) is 1. The van der Waals surface area contributed by atoms with Crippen molar-refractivity contribution >= 4 is 11.7 Å². The SMILES string of the molecule is CCCN(CCCC(=O)CC)CC(=O)N(C)C. The van der Waals surface area contributed by atoms with E-state index in [1.807, 2.05) is 6.92 Å². The molecule has 100 valence electrons. The summed E-state index contributed by atoms with van der Waals surface area (Å²) >= 11 is 0. The van der Waals surface area contributed by atoms with Crippen molar-refractivity contribution in [2.45, 2.75) is 39.5 Å². The zero-order chi connectivity index (χ0) is 13.3. The van der Waals surface area contributed by atoms with Crippen LogP contribution in [0.2, 0.25) is 0 Å². The molecular weight excluding hydrogens is 216 g/mol. The maximum absolute atomic E-state index is 11.6. The number of hydrogen-bond acceptors (Lipinski definition) is 3. The second-order valence-electron chi connectivity index (χ2n) is 4.56. The molecule has 0 bridgehead atoms. The summed E-state index contributed by atoms with van der Waals surface area (Å²) in [7, 11) is 3.54. The minimum atomic E-state index is 0.125.